The molecule has 0 aliphatic rings. The van der Waals surface area contributed by atoms with Crippen LogP contribution in [0.25, 0.3) is 54.8 Å². The molecule has 7 rings (SSSR count). The molecule has 2 heterocycles. The van der Waals surface area contributed by atoms with E-state index in [1.807, 2.05) is 30.6 Å². The molecular formula is C42H38IrN2-2. The zero-order valence-electron chi connectivity index (χ0n) is 26.8. The first-order chi connectivity index (χ1) is 21.1. The third kappa shape index (κ3) is 6.91. The van der Waals surface area contributed by atoms with Crippen molar-refractivity contribution in [1.82, 2.24) is 9.97 Å². The molecule has 2 nitrogen and oxygen atoms in total. The first kappa shape index (κ1) is 32.2. The van der Waals surface area contributed by atoms with Crippen LogP contribution in [0.3, 0.4) is 0 Å². The zero-order valence-corrected chi connectivity index (χ0v) is 29.2. The van der Waals surface area contributed by atoms with Crippen LogP contribution in [0, 0.1) is 12.1 Å². The fourth-order valence-corrected chi connectivity index (χ4v) is 5.56. The molecule has 0 saturated carbocycles. The van der Waals surface area contributed by atoms with Crippen LogP contribution in [-0.4, -0.2) is 9.97 Å². The van der Waals surface area contributed by atoms with Crippen LogP contribution in [0.15, 0.2) is 122 Å². The van der Waals surface area contributed by atoms with Crippen LogP contribution in [0.1, 0.15) is 52.7 Å². The summed E-state index contributed by atoms with van der Waals surface area (Å²) in [7, 11) is 0. The Morgan fingerprint density at radius 2 is 1.00 bits per heavy atom. The van der Waals surface area contributed by atoms with Crippen molar-refractivity contribution in [2.45, 2.75) is 52.4 Å². The predicted molar refractivity (Wildman–Crippen MR) is 187 cm³/mol. The molecule has 45 heavy (non-hydrogen) atoms. The average molecular weight is 763 g/mol. The zero-order chi connectivity index (χ0) is 30.9. The Morgan fingerprint density at radius 3 is 1.51 bits per heavy atom. The van der Waals surface area contributed by atoms with Crippen LogP contribution in [0.2, 0.25) is 0 Å². The third-order valence-electron chi connectivity index (χ3n) is 8.20. The van der Waals surface area contributed by atoms with Gasteiger partial charge in [-0.1, -0.05) is 130 Å². The van der Waals surface area contributed by atoms with Crippen molar-refractivity contribution in [1.29, 1.82) is 0 Å². The fourth-order valence-electron chi connectivity index (χ4n) is 5.56. The maximum atomic E-state index is 4.58. The van der Waals surface area contributed by atoms with Gasteiger partial charge >= 0.3 is 0 Å². The molecule has 227 valence electrons. The summed E-state index contributed by atoms with van der Waals surface area (Å²) in [5.41, 5.74) is 6.89. The number of hydrogen-bond acceptors (Lipinski definition) is 2. The van der Waals surface area contributed by atoms with Crippen molar-refractivity contribution in [3.63, 3.8) is 0 Å². The van der Waals surface area contributed by atoms with Gasteiger partial charge in [0.25, 0.3) is 0 Å². The minimum atomic E-state index is 0. The summed E-state index contributed by atoms with van der Waals surface area (Å²) in [6.07, 6.45) is 3.80. The number of rotatable bonds is 2. The van der Waals surface area contributed by atoms with Gasteiger partial charge in [-0.2, -0.15) is 0 Å². The van der Waals surface area contributed by atoms with Gasteiger partial charge in [0.05, 0.1) is 0 Å². The molecule has 7 aromatic rings. The van der Waals surface area contributed by atoms with Crippen molar-refractivity contribution in [3.8, 4) is 22.5 Å². The first-order valence-corrected chi connectivity index (χ1v) is 15.2. The molecule has 0 bridgehead atoms. The van der Waals surface area contributed by atoms with E-state index >= 15 is 0 Å². The van der Waals surface area contributed by atoms with E-state index in [2.05, 4.69) is 155 Å². The molecule has 0 spiro atoms. The molecule has 0 atom stereocenters. The fraction of sp³-hybridized carbons (Fsp3) is 0.190. The van der Waals surface area contributed by atoms with Crippen molar-refractivity contribution < 1.29 is 20.1 Å². The summed E-state index contributed by atoms with van der Waals surface area (Å²) < 4.78 is 0. The summed E-state index contributed by atoms with van der Waals surface area (Å²) in [5.74, 6) is 0. The van der Waals surface area contributed by atoms with Gasteiger partial charge in [-0.15, -0.1) is 59.2 Å². The Balaban J connectivity index is 0.000000177. The van der Waals surface area contributed by atoms with Gasteiger partial charge in [-0.3, -0.25) is 0 Å². The van der Waals surface area contributed by atoms with Crippen LogP contribution in [0.4, 0.5) is 0 Å². The van der Waals surface area contributed by atoms with E-state index < -0.39 is 0 Å². The quantitative estimate of drug-likeness (QED) is 0.129. The van der Waals surface area contributed by atoms with E-state index in [1.54, 1.807) is 0 Å². The minimum Gasteiger partial charge on any atom is -0.305 e. The number of benzene rings is 5. The van der Waals surface area contributed by atoms with Gasteiger partial charge < -0.3 is 9.97 Å². The van der Waals surface area contributed by atoms with E-state index in [0.717, 1.165) is 22.5 Å². The molecular weight excluding hydrogens is 725 g/mol. The molecule has 0 amide bonds. The Morgan fingerprint density at radius 1 is 0.467 bits per heavy atom. The van der Waals surface area contributed by atoms with Gasteiger partial charge in [0, 0.05) is 32.5 Å². The van der Waals surface area contributed by atoms with Crippen LogP contribution >= 0.6 is 0 Å². The molecule has 0 aliphatic carbocycles. The molecule has 0 N–H and O–H groups in total. The molecule has 0 fully saturated rings. The summed E-state index contributed by atoms with van der Waals surface area (Å²) in [6, 6.07) is 44.9. The summed E-state index contributed by atoms with van der Waals surface area (Å²) in [5, 5.41) is 7.62. The van der Waals surface area contributed by atoms with E-state index in [1.165, 1.54) is 43.4 Å². The second-order valence-corrected chi connectivity index (χ2v) is 13.4. The SMILES string of the molecule is CC(C)(C)c1c[c-]c(-c2ccc(C(C)(C)C)cn2)cc1.[Ir].[c-]1cc2c3ccccc3c3ccccc3c2cc1-c1ccccn1. The Hall–Kier alpha value is -4.17. The van der Waals surface area contributed by atoms with Gasteiger partial charge in [-0.05, 0) is 50.0 Å². The van der Waals surface area contributed by atoms with Crippen molar-refractivity contribution in [3.05, 3.63) is 145 Å². The van der Waals surface area contributed by atoms with Crippen LogP contribution in [-0.2, 0) is 30.9 Å². The molecule has 0 aliphatic heterocycles. The maximum Gasteiger partial charge on any atom is 0.0198 e. The molecule has 5 aromatic carbocycles. The summed E-state index contributed by atoms with van der Waals surface area (Å²) in [4.78, 5) is 9.04. The summed E-state index contributed by atoms with van der Waals surface area (Å²) in [6.45, 7) is 13.3. The van der Waals surface area contributed by atoms with Gasteiger partial charge in [0.2, 0.25) is 0 Å². The Bertz CT molecular complexity index is 1960. The van der Waals surface area contributed by atoms with Gasteiger partial charge in [0.1, 0.15) is 0 Å². The minimum absolute atomic E-state index is 0. The summed E-state index contributed by atoms with van der Waals surface area (Å²) >= 11 is 0. The van der Waals surface area contributed by atoms with Crippen molar-refractivity contribution in [2.24, 2.45) is 0 Å². The topological polar surface area (TPSA) is 25.8 Å². The Labute approximate surface area is 280 Å². The van der Waals surface area contributed by atoms with Gasteiger partial charge in [-0.25, -0.2) is 0 Å². The van der Waals surface area contributed by atoms with Crippen LogP contribution in [0.5, 0.6) is 0 Å². The number of pyridine rings is 2. The maximum absolute atomic E-state index is 4.58. The average Bonchev–Trinajstić information content (AvgIpc) is 3.05. The first-order valence-electron chi connectivity index (χ1n) is 15.2. The smallest absolute Gasteiger partial charge is 0.0198 e. The standard InChI is InChI=1S/C23H14N.C19H24N.Ir/c1-2-9-19-17(7-1)18-8-3-4-10-20(18)22-15-16(12-13-21(19)22)23-11-5-6-14-24-23;1-18(2,3)15-9-7-14(8-10-15)17-12-11-16(13-20-17)19(4,5)6;/h1-11,13-15H;7,9-13H,1-6H3;/q2*-1;. The van der Waals surface area contributed by atoms with E-state index in [-0.39, 0.29) is 30.9 Å². The van der Waals surface area contributed by atoms with Crippen molar-refractivity contribution >= 4 is 32.3 Å². The van der Waals surface area contributed by atoms with Gasteiger partial charge in [0.15, 0.2) is 0 Å². The van der Waals surface area contributed by atoms with E-state index in [0.29, 0.717) is 0 Å². The second kappa shape index (κ2) is 13.1. The number of aromatic nitrogens is 2. The van der Waals surface area contributed by atoms with E-state index in [4.69, 9.17) is 0 Å². The van der Waals surface area contributed by atoms with Crippen LogP contribution < -0.4 is 0 Å². The predicted octanol–water partition coefficient (Wildman–Crippen LogP) is 11.1. The molecule has 0 saturated heterocycles. The third-order valence-corrected chi connectivity index (χ3v) is 8.20. The van der Waals surface area contributed by atoms with Crippen molar-refractivity contribution in [2.75, 3.05) is 0 Å². The molecule has 2 aromatic heterocycles. The number of hydrogen-bond donors (Lipinski definition) is 0. The normalized spacial score (nSPS) is 11.6. The number of fused-ring (bicyclic) bond motifs is 6. The Kier molecular flexibility index (Phi) is 9.35. The van der Waals surface area contributed by atoms with E-state index in [9.17, 15) is 0 Å². The monoisotopic (exact) mass is 763 g/mol. The second-order valence-electron chi connectivity index (χ2n) is 13.4. The number of nitrogens with zero attached hydrogens (tertiary/aromatic N) is 2. The molecule has 3 heteroatoms. The molecule has 0 unspecified atom stereocenters. The molecule has 1 radical (unpaired) electrons. The largest absolute Gasteiger partial charge is 0.305 e.